The van der Waals surface area contributed by atoms with Crippen molar-refractivity contribution in [2.75, 3.05) is 25.6 Å². The lowest BCUT2D eigenvalue weighted by atomic mass is 9.98. The average Bonchev–Trinajstić information content (AvgIpc) is 3.07. The van der Waals surface area contributed by atoms with Crippen molar-refractivity contribution in [1.29, 1.82) is 0 Å². The third kappa shape index (κ3) is 3.82. The molecule has 148 valence electrons. The average molecular weight is 389 g/mol. The van der Waals surface area contributed by atoms with E-state index in [1.807, 2.05) is 30.3 Å². The predicted molar refractivity (Wildman–Crippen MR) is 112 cm³/mol. The second-order valence-corrected chi connectivity index (χ2v) is 6.96. The van der Waals surface area contributed by atoms with Crippen LogP contribution in [0.4, 0.5) is 10.5 Å². The number of carbonyl (C=O) groups excluding carboxylic acids is 1. The number of aliphatic hydroxyl groups is 1. The molecule has 1 amide bonds. The Labute approximate surface area is 169 Å². The molecule has 5 nitrogen and oxygen atoms in total. The highest BCUT2D eigenvalue weighted by molar-refractivity contribution is 5.87. The zero-order valence-electron chi connectivity index (χ0n) is 16.2. The molecule has 0 fully saturated rings. The number of aliphatic hydroxyl groups excluding tert-OH is 1. The molecule has 0 unspecified atom stereocenters. The second kappa shape index (κ2) is 8.37. The van der Waals surface area contributed by atoms with Gasteiger partial charge in [-0.05, 0) is 46.4 Å². The molecule has 0 aliphatic heterocycles. The largest absolute Gasteiger partial charge is 0.495 e. The van der Waals surface area contributed by atoms with Crippen molar-refractivity contribution < 1.29 is 19.4 Å². The number of rotatable bonds is 6. The number of hydrogen-bond donors (Lipinski definition) is 2. The van der Waals surface area contributed by atoms with Gasteiger partial charge in [0.2, 0.25) is 0 Å². The highest BCUT2D eigenvalue weighted by Crippen LogP contribution is 2.44. The number of hydrogen-bond acceptors (Lipinski definition) is 4. The molecule has 0 aromatic heterocycles. The maximum atomic E-state index is 12.4. The second-order valence-electron chi connectivity index (χ2n) is 6.96. The molecule has 5 heteroatoms. The van der Waals surface area contributed by atoms with Crippen LogP contribution in [0, 0.1) is 0 Å². The fourth-order valence-corrected chi connectivity index (χ4v) is 3.87. The molecule has 0 radical (unpaired) electrons. The smallest absolute Gasteiger partial charge is 0.411 e. The Kier molecular flexibility index (Phi) is 5.49. The molecule has 1 aliphatic rings. The van der Waals surface area contributed by atoms with E-state index in [1.54, 1.807) is 19.2 Å². The normalized spacial score (nSPS) is 12.2. The fourth-order valence-electron chi connectivity index (χ4n) is 3.87. The number of anilines is 1. The van der Waals surface area contributed by atoms with E-state index >= 15 is 0 Å². The zero-order chi connectivity index (χ0) is 20.2. The zero-order valence-corrected chi connectivity index (χ0v) is 16.2. The lowest BCUT2D eigenvalue weighted by molar-refractivity contribution is 0.158. The molecule has 1 aliphatic carbocycles. The molecule has 0 saturated carbocycles. The van der Waals surface area contributed by atoms with Crippen molar-refractivity contribution in [1.82, 2.24) is 0 Å². The summed E-state index contributed by atoms with van der Waals surface area (Å²) in [4.78, 5) is 12.4. The standard InChI is InChI=1S/C24H23NO4/c1-28-23-14-16(12-13-26)10-11-22(23)25-24(27)29-15-21-19-8-4-2-6-17(19)18-7-3-5-9-20(18)21/h2-11,14,21,26H,12-13,15H2,1H3,(H,25,27). The summed E-state index contributed by atoms with van der Waals surface area (Å²) >= 11 is 0. The molecule has 0 atom stereocenters. The van der Waals surface area contributed by atoms with Crippen LogP contribution in [0.1, 0.15) is 22.6 Å². The first-order valence-corrected chi connectivity index (χ1v) is 9.61. The van der Waals surface area contributed by atoms with Crippen molar-refractivity contribution in [2.24, 2.45) is 0 Å². The summed E-state index contributed by atoms with van der Waals surface area (Å²) in [5.74, 6) is 0.548. The lowest BCUT2D eigenvalue weighted by Gasteiger charge is -2.16. The van der Waals surface area contributed by atoms with E-state index in [4.69, 9.17) is 14.6 Å². The van der Waals surface area contributed by atoms with Crippen LogP contribution < -0.4 is 10.1 Å². The molecule has 3 aromatic carbocycles. The van der Waals surface area contributed by atoms with E-state index in [9.17, 15) is 4.79 Å². The Morgan fingerprint density at radius 2 is 1.66 bits per heavy atom. The summed E-state index contributed by atoms with van der Waals surface area (Å²) in [5, 5.41) is 11.8. The van der Waals surface area contributed by atoms with E-state index in [1.165, 1.54) is 22.3 Å². The topological polar surface area (TPSA) is 67.8 Å². The van der Waals surface area contributed by atoms with Crippen LogP contribution in [0.15, 0.2) is 66.7 Å². The van der Waals surface area contributed by atoms with Crippen molar-refractivity contribution in [3.8, 4) is 16.9 Å². The van der Waals surface area contributed by atoms with Gasteiger partial charge in [0.05, 0.1) is 12.8 Å². The summed E-state index contributed by atoms with van der Waals surface area (Å²) in [5.41, 5.74) is 6.20. The van der Waals surface area contributed by atoms with Gasteiger partial charge in [-0.2, -0.15) is 0 Å². The number of methoxy groups -OCH3 is 1. The summed E-state index contributed by atoms with van der Waals surface area (Å²) < 4.78 is 10.9. The van der Waals surface area contributed by atoms with Crippen LogP contribution in [-0.4, -0.2) is 31.5 Å². The molecule has 0 spiro atoms. The van der Waals surface area contributed by atoms with E-state index in [0.717, 1.165) is 5.56 Å². The van der Waals surface area contributed by atoms with Crippen molar-refractivity contribution in [3.63, 3.8) is 0 Å². The minimum atomic E-state index is -0.528. The number of benzene rings is 3. The molecule has 2 N–H and O–H groups in total. The Morgan fingerprint density at radius 3 is 2.28 bits per heavy atom. The number of carbonyl (C=O) groups is 1. The SMILES string of the molecule is COc1cc(CCO)ccc1NC(=O)OCC1c2ccccc2-c2ccccc21. The highest BCUT2D eigenvalue weighted by atomic mass is 16.5. The van der Waals surface area contributed by atoms with Crippen LogP contribution in [0.25, 0.3) is 11.1 Å². The van der Waals surface area contributed by atoms with Crippen LogP contribution in [0.3, 0.4) is 0 Å². The van der Waals surface area contributed by atoms with Gasteiger partial charge < -0.3 is 14.6 Å². The molecule has 0 saturated heterocycles. The Bertz CT molecular complexity index is 985. The first-order valence-electron chi connectivity index (χ1n) is 9.61. The third-order valence-electron chi connectivity index (χ3n) is 5.25. The fraction of sp³-hybridized carbons (Fsp3) is 0.208. The van der Waals surface area contributed by atoms with Gasteiger partial charge in [0.1, 0.15) is 12.4 Å². The van der Waals surface area contributed by atoms with Crippen molar-refractivity contribution in [3.05, 3.63) is 83.4 Å². The molecule has 29 heavy (non-hydrogen) atoms. The Morgan fingerprint density at radius 1 is 1.00 bits per heavy atom. The number of fused-ring (bicyclic) bond motifs is 3. The van der Waals surface area contributed by atoms with Crippen LogP contribution in [-0.2, 0) is 11.2 Å². The maximum absolute atomic E-state index is 12.4. The van der Waals surface area contributed by atoms with Crippen LogP contribution in [0.2, 0.25) is 0 Å². The minimum Gasteiger partial charge on any atom is -0.495 e. The van der Waals surface area contributed by atoms with Gasteiger partial charge in [0.25, 0.3) is 0 Å². The molecule has 4 rings (SSSR count). The lowest BCUT2D eigenvalue weighted by Crippen LogP contribution is -2.18. The van der Waals surface area contributed by atoms with Crippen molar-refractivity contribution in [2.45, 2.75) is 12.3 Å². The maximum Gasteiger partial charge on any atom is 0.411 e. The van der Waals surface area contributed by atoms with E-state index in [2.05, 4.69) is 29.6 Å². The van der Waals surface area contributed by atoms with E-state index in [-0.39, 0.29) is 19.1 Å². The van der Waals surface area contributed by atoms with Gasteiger partial charge in [-0.25, -0.2) is 4.79 Å². The Hall–Kier alpha value is -3.31. The van der Waals surface area contributed by atoms with E-state index < -0.39 is 6.09 Å². The number of ether oxygens (including phenoxy) is 2. The van der Waals surface area contributed by atoms with Gasteiger partial charge in [-0.3, -0.25) is 5.32 Å². The van der Waals surface area contributed by atoms with Crippen molar-refractivity contribution >= 4 is 11.8 Å². The van der Waals surface area contributed by atoms with Crippen LogP contribution >= 0.6 is 0 Å². The predicted octanol–water partition coefficient (Wildman–Crippen LogP) is 4.59. The molecule has 3 aromatic rings. The molecule has 0 bridgehead atoms. The van der Waals surface area contributed by atoms with Gasteiger partial charge in [0.15, 0.2) is 0 Å². The first-order chi connectivity index (χ1) is 14.2. The number of amides is 1. The Balaban J connectivity index is 1.47. The van der Waals surface area contributed by atoms with Gasteiger partial charge in [-0.15, -0.1) is 0 Å². The third-order valence-corrected chi connectivity index (χ3v) is 5.25. The van der Waals surface area contributed by atoms with Gasteiger partial charge in [-0.1, -0.05) is 54.6 Å². The van der Waals surface area contributed by atoms with E-state index in [0.29, 0.717) is 17.9 Å². The first kappa shape index (κ1) is 19.0. The molecular weight excluding hydrogens is 366 g/mol. The van der Waals surface area contributed by atoms with Gasteiger partial charge >= 0.3 is 6.09 Å². The quantitative estimate of drug-likeness (QED) is 0.647. The van der Waals surface area contributed by atoms with Crippen LogP contribution in [0.5, 0.6) is 5.75 Å². The summed E-state index contributed by atoms with van der Waals surface area (Å²) in [7, 11) is 1.54. The molecule has 0 heterocycles. The summed E-state index contributed by atoms with van der Waals surface area (Å²) in [6, 6.07) is 21.9. The number of nitrogens with one attached hydrogen (secondary N) is 1. The summed E-state index contributed by atoms with van der Waals surface area (Å²) in [6.45, 7) is 0.313. The highest BCUT2D eigenvalue weighted by Gasteiger charge is 2.29. The minimum absolute atomic E-state index is 0.0157. The molecular formula is C24H23NO4. The monoisotopic (exact) mass is 389 g/mol. The van der Waals surface area contributed by atoms with Gasteiger partial charge in [0, 0.05) is 12.5 Å². The summed E-state index contributed by atoms with van der Waals surface area (Å²) in [6.07, 6.45) is 0.00164.